The fraction of sp³-hybridized carbons (Fsp3) is 0.385. The molecule has 0 heterocycles. The highest BCUT2D eigenvalue weighted by Gasteiger charge is 2.41. The van der Waals surface area contributed by atoms with Crippen molar-refractivity contribution in [1.29, 1.82) is 5.26 Å². The lowest BCUT2D eigenvalue weighted by atomic mass is 9.83. The third kappa shape index (κ3) is 1.45. The van der Waals surface area contributed by atoms with Crippen molar-refractivity contribution in [2.24, 2.45) is 5.41 Å². The van der Waals surface area contributed by atoms with Crippen molar-refractivity contribution in [2.45, 2.75) is 26.7 Å². The van der Waals surface area contributed by atoms with E-state index in [9.17, 15) is 4.79 Å². The Morgan fingerprint density at radius 2 is 2.27 bits per heavy atom. The average molecular weight is 199 g/mol. The molecule has 1 atom stereocenters. The maximum Gasteiger partial charge on any atom is 0.170 e. The zero-order valence-electron chi connectivity index (χ0n) is 9.00. The summed E-state index contributed by atoms with van der Waals surface area (Å²) in [5.74, 6) is 0.124. The van der Waals surface area contributed by atoms with Crippen molar-refractivity contribution in [3.8, 4) is 6.07 Å². The van der Waals surface area contributed by atoms with Gasteiger partial charge < -0.3 is 0 Å². The molecule has 0 spiro atoms. The summed E-state index contributed by atoms with van der Waals surface area (Å²) in [4.78, 5) is 12.1. The summed E-state index contributed by atoms with van der Waals surface area (Å²) in [5, 5.41) is 8.74. The van der Waals surface area contributed by atoms with Crippen LogP contribution in [0.1, 0.15) is 34.8 Å². The van der Waals surface area contributed by atoms with E-state index in [1.807, 2.05) is 26.0 Å². The fourth-order valence-corrected chi connectivity index (χ4v) is 2.23. The van der Waals surface area contributed by atoms with Crippen LogP contribution in [0, 0.1) is 23.7 Å². The van der Waals surface area contributed by atoms with Crippen molar-refractivity contribution in [1.82, 2.24) is 0 Å². The Balaban J connectivity index is 2.46. The fourth-order valence-electron chi connectivity index (χ4n) is 2.23. The van der Waals surface area contributed by atoms with Crippen molar-refractivity contribution in [2.75, 3.05) is 0 Å². The Hall–Kier alpha value is -1.62. The molecule has 15 heavy (non-hydrogen) atoms. The van der Waals surface area contributed by atoms with Crippen LogP contribution in [0.4, 0.5) is 0 Å². The molecule has 0 N–H and O–H groups in total. The number of nitriles is 1. The average Bonchev–Trinajstić information content (AvgIpc) is 2.39. The van der Waals surface area contributed by atoms with Gasteiger partial charge in [-0.15, -0.1) is 0 Å². The van der Waals surface area contributed by atoms with Crippen LogP contribution in [0.2, 0.25) is 0 Å². The lowest BCUT2D eigenvalue weighted by Crippen LogP contribution is -2.23. The van der Waals surface area contributed by atoms with Crippen LogP contribution < -0.4 is 0 Å². The van der Waals surface area contributed by atoms with Gasteiger partial charge in [-0.3, -0.25) is 4.79 Å². The predicted octanol–water partition coefficient (Wildman–Crippen LogP) is 2.65. The van der Waals surface area contributed by atoms with Gasteiger partial charge in [-0.1, -0.05) is 30.7 Å². The van der Waals surface area contributed by atoms with Gasteiger partial charge in [0.2, 0.25) is 0 Å². The highest BCUT2D eigenvalue weighted by molar-refractivity contribution is 6.04. The summed E-state index contributed by atoms with van der Waals surface area (Å²) >= 11 is 0. The number of carbonyl (C=O) groups is 1. The summed E-state index contributed by atoms with van der Waals surface area (Å²) in [6.45, 7) is 3.90. The van der Waals surface area contributed by atoms with Gasteiger partial charge in [0.25, 0.3) is 0 Å². The Morgan fingerprint density at radius 3 is 2.93 bits per heavy atom. The second-order valence-corrected chi connectivity index (χ2v) is 4.56. The van der Waals surface area contributed by atoms with Gasteiger partial charge in [-0.05, 0) is 18.9 Å². The molecule has 1 aliphatic carbocycles. The molecule has 0 aliphatic heterocycles. The van der Waals surface area contributed by atoms with Crippen molar-refractivity contribution < 1.29 is 4.79 Å². The monoisotopic (exact) mass is 199 g/mol. The first-order valence-corrected chi connectivity index (χ1v) is 5.08. The van der Waals surface area contributed by atoms with Crippen LogP contribution in [0.15, 0.2) is 18.2 Å². The third-order valence-corrected chi connectivity index (χ3v) is 3.10. The van der Waals surface area contributed by atoms with E-state index in [0.717, 1.165) is 11.1 Å². The maximum atomic E-state index is 12.1. The number of hydrogen-bond acceptors (Lipinski definition) is 2. The largest absolute Gasteiger partial charge is 0.294 e. The number of benzene rings is 1. The van der Waals surface area contributed by atoms with Gasteiger partial charge in [0.1, 0.15) is 0 Å². The summed E-state index contributed by atoms with van der Waals surface area (Å²) < 4.78 is 0. The highest BCUT2D eigenvalue weighted by atomic mass is 16.1. The number of Topliss-reactive ketones (excluding diaryl/α,β-unsaturated/α-hetero) is 1. The van der Waals surface area contributed by atoms with E-state index < -0.39 is 5.41 Å². The quantitative estimate of drug-likeness (QED) is 0.697. The molecule has 1 aromatic carbocycles. The SMILES string of the molecule is Cc1ccc2c(c1)CC(C)(CC#N)C2=O. The second-order valence-electron chi connectivity index (χ2n) is 4.56. The molecular weight excluding hydrogens is 186 g/mol. The molecule has 0 fully saturated rings. The molecule has 1 unspecified atom stereocenters. The Bertz CT molecular complexity index is 470. The number of rotatable bonds is 1. The van der Waals surface area contributed by atoms with Crippen molar-refractivity contribution in [3.05, 3.63) is 34.9 Å². The molecule has 0 radical (unpaired) electrons. The van der Waals surface area contributed by atoms with E-state index >= 15 is 0 Å². The maximum absolute atomic E-state index is 12.1. The molecule has 2 nitrogen and oxygen atoms in total. The van der Waals surface area contributed by atoms with Crippen LogP contribution >= 0.6 is 0 Å². The zero-order valence-corrected chi connectivity index (χ0v) is 9.00. The summed E-state index contributed by atoms with van der Waals surface area (Å²) in [6, 6.07) is 8.00. The zero-order chi connectivity index (χ0) is 11.1. The number of nitrogens with zero attached hydrogens (tertiary/aromatic N) is 1. The normalized spacial score (nSPS) is 23.7. The molecular formula is C13H13NO. The minimum absolute atomic E-state index is 0.124. The van der Waals surface area contributed by atoms with Crippen LogP contribution in [0.25, 0.3) is 0 Å². The van der Waals surface area contributed by atoms with E-state index in [2.05, 4.69) is 12.1 Å². The topological polar surface area (TPSA) is 40.9 Å². The van der Waals surface area contributed by atoms with E-state index in [-0.39, 0.29) is 5.78 Å². The molecule has 0 bridgehead atoms. The summed E-state index contributed by atoms with van der Waals surface area (Å²) in [7, 11) is 0. The van der Waals surface area contributed by atoms with Gasteiger partial charge in [0.15, 0.2) is 5.78 Å². The summed E-state index contributed by atoms with van der Waals surface area (Å²) in [5.41, 5.74) is 2.57. The van der Waals surface area contributed by atoms with Gasteiger partial charge in [0, 0.05) is 17.4 Å². The molecule has 1 aliphatic rings. The number of fused-ring (bicyclic) bond motifs is 1. The molecule has 2 heteroatoms. The predicted molar refractivity (Wildman–Crippen MR) is 57.6 cm³/mol. The summed E-state index contributed by atoms with van der Waals surface area (Å²) in [6.07, 6.45) is 1.01. The number of ketones is 1. The van der Waals surface area contributed by atoms with E-state index in [0.29, 0.717) is 12.8 Å². The van der Waals surface area contributed by atoms with Crippen LogP contribution in [-0.4, -0.2) is 5.78 Å². The van der Waals surface area contributed by atoms with Crippen molar-refractivity contribution in [3.63, 3.8) is 0 Å². The van der Waals surface area contributed by atoms with E-state index in [1.165, 1.54) is 5.56 Å². The Labute approximate surface area is 89.5 Å². The smallest absolute Gasteiger partial charge is 0.170 e. The number of carbonyl (C=O) groups excluding carboxylic acids is 1. The molecule has 0 amide bonds. The van der Waals surface area contributed by atoms with Gasteiger partial charge in [-0.25, -0.2) is 0 Å². The lowest BCUT2D eigenvalue weighted by Gasteiger charge is -2.16. The Kier molecular flexibility index (Phi) is 2.12. The number of aryl methyl sites for hydroxylation is 1. The molecule has 76 valence electrons. The van der Waals surface area contributed by atoms with Crippen molar-refractivity contribution >= 4 is 5.78 Å². The van der Waals surface area contributed by atoms with Gasteiger partial charge >= 0.3 is 0 Å². The lowest BCUT2D eigenvalue weighted by molar-refractivity contribution is 0.0847. The minimum Gasteiger partial charge on any atom is -0.294 e. The number of hydrogen-bond donors (Lipinski definition) is 0. The molecule has 0 aromatic heterocycles. The molecule has 1 aromatic rings. The molecule has 2 rings (SSSR count). The molecule has 0 saturated heterocycles. The van der Waals surface area contributed by atoms with Crippen LogP contribution in [0.3, 0.4) is 0 Å². The third-order valence-electron chi connectivity index (χ3n) is 3.10. The molecule has 0 saturated carbocycles. The van der Waals surface area contributed by atoms with Crippen LogP contribution in [0.5, 0.6) is 0 Å². The van der Waals surface area contributed by atoms with Gasteiger partial charge in [-0.2, -0.15) is 5.26 Å². The Morgan fingerprint density at radius 1 is 1.53 bits per heavy atom. The first-order chi connectivity index (χ1) is 7.07. The minimum atomic E-state index is -0.495. The first kappa shape index (κ1) is 9.92. The standard InChI is InChI=1S/C13H13NO/c1-9-3-4-11-10(7-9)8-13(2,5-6-14)12(11)15/h3-4,7H,5,8H2,1-2H3. The second kappa shape index (κ2) is 3.20. The van der Waals surface area contributed by atoms with Crippen LogP contribution in [-0.2, 0) is 6.42 Å². The van der Waals surface area contributed by atoms with Gasteiger partial charge in [0.05, 0.1) is 6.07 Å². The highest BCUT2D eigenvalue weighted by Crippen LogP contribution is 2.39. The first-order valence-electron chi connectivity index (χ1n) is 5.08. The van der Waals surface area contributed by atoms with E-state index in [1.54, 1.807) is 0 Å². The van der Waals surface area contributed by atoms with E-state index in [4.69, 9.17) is 5.26 Å².